The van der Waals surface area contributed by atoms with Crippen molar-refractivity contribution < 1.29 is 9.47 Å². The molecule has 0 aliphatic carbocycles. The lowest BCUT2D eigenvalue weighted by molar-refractivity contribution is 0.348. The smallest absolute Gasteiger partial charge is 0.122 e. The zero-order valence-corrected chi connectivity index (χ0v) is 13.5. The third kappa shape index (κ3) is 3.35. The Bertz CT molecular complexity index is 439. The zero-order chi connectivity index (χ0) is 14.7. The third-order valence-electron chi connectivity index (χ3n) is 4.45. The average molecular weight is 276 g/mol. The molecule has 20 heavy (non-hydrogen) atoms. The highest BCUT2D eigenvalue weighted by atomic mass is 16.6. The van der Waals surface area contributed by atoms with Crippen molar-refractivity contribution in [1.29, 1.82) is 0 Å². The summed E-state index contributed by atoms with van der Waals surface area (Å²) in [6.45, 7) is 8.92. The van der Waals surface area contributed by atoms with E-state index in [1.54, 1.807) is 7.11 Å². The minimum absolute atomic E-state index is 0.481. The summed E-state index contributed by atoms with van der Waals surface area (Å²) >= 11 is 0. The molecule has 1 aromatic rings. The number of benzene rings is 1. The monoisotopic (exact) mass is 276 g/mol. The van der Waals surface area contributed by atoms with Crippen molar-refractivity contribution in [1.82, 2.24) is 0 Å². The fourth-order valence-corrected chi connectivity index (χ4v) is 3.02. The molecule has 0 amide bonds. The number of methoxy groups -OCH3 is 1. The summed E-state index contributed by atoms with van der Waals surface area (Å²) in [5, 5.41) is 0. The van der Waals surface area contributed by atoms with E-state index in [-0.39, 0.29) is 0 Å². The molecule has 1 aliphatic rings. The van der Waals surface area contributed by atoms with E-state index in [0.29, 0.717) is 24.0 Å². The van der Waals surface area contributed by atoms with Crippen molar-refractivity contribution in [2.75, 3.05) is 7.11 Å². The lowest BCUT2D eigenvalue weighted by Crippen LogP contribution is -2.05. The maximum absolute atomic E-state index is 5.72. The summed E-state index contributed by atoms with van der Waals surface area (Å²) in [4.78, 5) is 0. The SMILES string of the molecule is CCC(CC1OC1CC)c1ccc(OC)c(C(C)C)c1. The van der Waals surface area contributed by atoms with Crippen LogP contribution in [0, 0.1) is 0 Å². The quantitative estimate of drug-likeness (QED) is 0.662. The molecule has 1 aromatic carbocycles. The topological polar surface area (TPSA) is 21.8 Å². The Morgan fingerprint density at radius 3 is 2.45 bits per heavy atom. The molecule has 0 saturated carbocycles. The normalized spacial score (nSPS) is 22.9. The maximum Gasteiger partial charge on any atom is 0.122 e. The average Bonchev–Trinajstić information content (AvgIpc) is 3.22. The number of rotatable bonds is 7. The summed E-state index contributed by atoms with van der Waals surface area (Å²) in [6, 6.07) is 6.68. The summed E-state index contributed by atoms with van der Waals surface area (Å²) in [5.41, 5.74) is 2.74. The molecule has 1 heterocycles. The van der Waals surface area contributed by atoms with Gasteiger partial charge in [0.1, 0.15) is 5.75 Å². The van der Waals surface area contributed by atoms with Crippen LogP contribution >= 0.6 is 0 Å². The fourth-order valence-electron chi connectivity index (χ4n) is 3.02. The number of epoxide rings is 1. The standard InChI is InChI=1S/C18H28O2/c1-6-13(11-18-16(7-2)20-18)14-8-9-17(19-5)15(10-14)12(3)4/h8-10,12-13,16,18H,6-7,11H2,1-5H3. The van der Waals surface area contributed by atoms with Crippen molar-refractivity contribution in [2.24, 2.45) is 0 Å². The second kappa shape index (κ2) is 6.62. The van der Waals surface area contributed by atoms with E-state index in [1.807, 2.05) is 0 Å². The van der Waals surface area contributed by atoms with Gasteiger partial charge in [-0.3, -0.25) is 0 Å². The maximum atomic E-state index is 5.72. The Morgan fingerprint density at radius 2 is 1.95 bits per heavy atom. The first-order valence-corrected chi connectivity index (χ1v) is 7.93. The fraction of sp³-hybridized carbons (Fsp3) is 0.667. The molecule has 2 heteroatoms. The molecule has 2 nitrogen and oxygen atoms in total. The number of hydrogen-bond acceptors (Lipinski definition) is 2. The Balaban J connectivity index is 2.15. The highest BCUT2D eigenvalue weighted by Crippen LogP contribution is 2.38. The Morgan fingerprint density at radius 1 is 1.20 bits per heavy atom. The number of ether oxygens (including phenoxy) is 2. The lowest BCUT2D eigenvalue weighted by atomic mass is 9.88. The summed E-state index contributed by atoms with van der Waals surface area (Å²) < 4.78 is 11.2. The molecule has 1 aliphatic heterocycles. The molecule has 1 saturated heterocycles. The zero-order valence-electron chi connectivity index (χ0n) is 13.5. The van der Waals surface area contributed by atoms with E-state index < -0.39 is 0 Å². The van der Waals surface area contributed by atoms with E-state index in [2.05, 4.69) is 45.9 Å². The van der Waals surface area contributed by atoms with Crippen molar-refractivity contribution in [3.05, 3.63) is 29.3 Å². The lowest BCUT2D eigenvalue weighted by Gasteiger charge is -2.18. The van der Waals surface area contributed by atoms with Crippen LogP contribution in [0.4, 0.5) is 0 Å². The minimum Gasteiger partial charge on any atom is -0.496 e. The van der Waals surface area contributed by atoms with Gasteiger partial charge in [-0.05, 0) is 48.3 Å². The predicted octanol–water partition coefficient (Wildman–Crippen LogP) is 4.88. The van der Waals surface area contributed by atoms with Gasteiger partial charge in [0, 0.05) is 0 Å². The van der Waals surface area contributed by atoms with Crippen LogP contribution in [-0.2, 0) is 4.74 Å². The minimum atomic E-state index is 0.481. The molecule has 112 valence electrons. The summed E-state index contributed by atoms with van der Waals surface area (Å²) in [6.07, 6.45) is 4.45. The van der Waals surface area contributed by atoms with Gasteiger partial charge in [-0.2, -0.15) is 0 Å². The van der Waals surface area contributed by atoms with Crippen LogP contribution in [0.3, 0.4) is 0 Å². The first-order chi connectivity index (χ1) is 9.60. The van der Waals surface area contributed by atoms with Gasteiger partial charge in [-0.1, -0.05) is 39.8 Å². The van der Waals surface area contributed by atoms with E-state index in [4.69, 9.17) is 9.47 Å². The molecular formula is C18H28O2. The second-order valence-corrected chi connectivity index (χ2v) is 6.12. The van der Waals surface area contributed by atoms with E-state index in [9.17, 15) is 0 Å². The molecule has 2 rings (SSSR count). The molecule has 0 N–H and O–H groups in total. The van der Waals surface area contributed by atoms with Gasteiger partial charge in [0.25, 0.3) is 0 Å². The van der Waals surface area contributed by atoms with Crippen molar-refractivity contribution in [3.8, 4) is 5.75 Å². The largest absolute Gasteiger partial charge is 0.496 e. The number of hydrogen-bond donors (Lipinski definition) is 0. The molecule has 3 unspecified atom stereocenters. The van der Waals surface area contributed by atoms with E-state index in [0.717, 1.165) is 18.6 Å². The highest BCUT2D eigenvalue weighted by Gasteiger charge is 2.38. The van der Waals surface area contributed by atoms with Crippen molar-refractivity contribution >= 4 is 0 Å². The van der Waals surface area contributed by atoms with Crippen LogP contribution in [0.1, 0.15) is 69.9 Å². The molecule has 0 spiro atoms. The third-order valence-corrected chi connectivity index (χ3v) is 4.45. The van der Waals surface area contributed by atoms with Gasteiger partial charge in [-0.15, -0.1) is 0 Å². The van der Waals surface area contributed by atoms with Crippen LogP contribution < -0.4 is 4.74 Å². The molecule has 0 aromatic heterocycles. The Kier molecular flexibility index (Phi) is 5.09. The van der Waals surface area contributed by atoms with E-state index >= 15 is 0 Å². The van der Waals surface area contributed by atoms with Gasteiger partial charge >= 0.3 is 0 Å². The highest BCUT2D eigenvalue weighted by molar-refractivity contribution is 5.40. The molecule has 1 fully saturated rings. The molecule has 0 bridgehead atoms. The first-order valence-electron chi connectivity index (χ1n) is 7.93. The van der Waals surface area contributed by atoms with Gasteiger partial charge in [0.15, 0.2) is 0 Å². The van der Waals surface area contributed by atoms with Crippen LogP contribution in [0.5, 0.6) is 5.75 Å². The van der Waals surface area contributed by atoms with Gasteiger partial charge in [-0.25, -0.2) is 0 Å². The van der Waals surface area contributed by atoms with Gasteiger partial charge in [0.05, 0.1) is 19.3 Å². The van der Waals surface area contributed by atoms with Crippen LogP contribution in [0.15, 0.2) is 18.2 Å². The summed E-state index contributed by atoms with van der Waals surface area (Å²) in [5.74, 6) is 2.09. The Labute approximate surface area is 123 Å². The Hall–Kier alpha value is -1.02. The summed E-state index contributed by atoms with van der Waals surface area (Å²) in [7, 11) is 1.75. The van der Waals surface area contributed by atoms with Crippen LogP contribution in [0.2, 0.25) is 0 Å². The second-order valence-electron chi connectivity index (χ2n) is 6.12. The first kappa shape index (κ1) is 15.4. The van der Waals surface area contributed by atoms with Crippen LogP contribution in [-0.4, -0.2) is 19.3 Å². The molecular weight excluding hydrogens is 248 g/mol. The van der Waals surface area contributed by atoms with Crippen molar-refractivity contribution in [2.45, 2.75) is 71.0 Å². The van der Waals surface area contributed by atoms with Crippen LogP contribution in [0.25, 0.3) is 0 Å². The predicted molar refractivity (Wildman–Crippen MR) is 83.7 cm³/mol. The van der Waals surface area contributed by atoms with Gasteiger partial charge < -0.3 is 9.47 Å². The molecule has 3 atom stereocenters. The van der Waals surface area contributed by atoms with E-state index in [1.165, 1.54) is 17.5 Å². The van der Waals surface area contributed by atoms with Gasteiger partial charge in [0.2, 0.25) is 0 Å². The van der Waals surface area contributed by atoms with Crippen molar-refractivity contribution in [3.63, 3.8) is 0 Å². The molecule has 0 radical (unpaired) electrons.